The van der Waals surface area contributed by atoms with Crippen molar-refractivity contribution in [2.75, 3.05) is 16.8 Å². The topological polar surface area (TPSA) is 87.7 Å². The third-order valence-electron chi connectivity index (χ3n) is 6.19. The molecular formula is C30H33N3O4. The number of nitrogens with zero attached hydrogens (tertiary/aromatic N) is 1. The third-order valence-corrected chi connectivity index (χ3v) is 6.19. The Labute approximate surface area is 217 Å². The molecule has 0 spiro atoms. The van der Waals surface area contributed by atoms with Crippen LogP contribution in [0.1, 0.15) is 71.5 Å². The van der Waals surface area contributed by atoms with Gasteiger partial charge in [0.1, 0.15) is 5.60 Å². The van der Waals surface area contributed by atoms with Gasteiger partial charge < -0.3 is 20.3 Å². The van der Waals surface area contributed by atoms with Crippen LogP contribution in [0.15, 0.2) is 72.8 Å². The van der Waals surface area contributed by atoms with Gasteiger partial charge in [0.2, 0.25) is 0 Å². The van der Waals surface area contributed by atoms with E-state index < -0.39 is 11.7 Å². The van der Waals surface area contributed by atoms with Gasteiger partial charge in [-0.3, -0.25) is 9.59 Å². The number of para-hydroxylation sites is 1. The Morgan fingerprint density at radius 2 is 1.59 bits per heavy atom. The second-order valence-electron chi connectivity index (χ2n) is 10.2. The molecule has 1 heterocycles. The van der Waals surface area contributed by atoms with Crippen molar-refractivity contribution in [3.8, 4) is 0 Å². The summed E-state index contributed by atoms with van der Waals surface area (Å²) in [6, 6.07) is 21.7. The van der Waals surface area contributed by atoms with Crippen LogP contribution in [0.5, 0.6) is 0 Å². The van der Waals surface area contributed by atoms with Gasteiger partial charge >= 0.3 is 6.09 Å². The number of amides is 3. The molecule has 4 rings (SSSR count). The van der Waals surface area contributed by atoms with E-state index in [1.54, 1.807) is 35.2 Å². The highest BCUT2D eigenvalue weighted by atomic mass is 16.6. The molecule has 0 unspecified atom stereocenters. The first kappa shape index (κ1) is 25.9. The summed E-state index contributed by atoms with van der Waals surface area (Å²) in [5.41, 5.74) is 3.68. The van der Waals surface area contributed by atoms with E-state index in [2.05, 4.69) is 10.6 Å². The largest absolute Gasteiger partial charge is 0.444 e. The van der Waals surface area contributed by atoms with Crippen molar-refractivity contribution in [3.63, 3.8) is 0 Å². The van der Waals surface area contributed by atoms with Crippen LogP contribution in [0.3, 0.4) is 0 Å². The number of ether oxygens (including phenoxy) is 1. The van der Waals surface area contributed by atoms with E-state index in [0.29, 0.717) is 36.2 Å². The van der Waals surface area contributed by atoms with Gasteiger partial charge in [-0.15, -0.1) is 0 Å². The molecule has 1 aliphatic rings. The fourth-order valence-corrected chi connectivity index (χ4v) is 4.45. The van der Waals surface area contributed by atoms with Gasteiger partial charge in [0.05, 0.1) is 6.04 Å². The van der Waals surface area contributed by atoms with Crippen molar-refractivity contribution in [1.82, 2.24) is 5.32 Å². The number of rotatable bonds is 4. The standard InChI is InChI=1S/C30H33N3O4/c1-20-10-5-6-11-23(20)27(34)31-22-17-15-21(16-18-22)28(35)33-19-9-13-25(24-12-7-8-14-26(24)33)32-29(36)37-30(2,3)4/h5-8,10-12,14-18,25H,9,13,19H2,1-4H3,(H,31,34)(H,32,36)/t25-/m0/s1. The number of aryl methyl sites for hydroxylation is 1. The normalized spacial score (nSPS) is 15.2. The Kier molecular flexibility index (Phi) is 7.62. The number of alkyl carbamates (subject to hydrolysis) is 1. The minimum Gasteiger partial charge on any atom is -0.444 e. The molecule has 3 aromatic carbocycles. The van der Waals surface area contributed by atoms with Gasteiger partial charge in [-0.1, -0.05) is 36.4 Å². The molecule has 0 aliphatic carbocycles. The molecule has 192 valence electrons. The average Bonchev–Trinajstić information content (AvgIpc) is 3.03. The summed E-state index contributed by atoms with van der Waals surface area (Å²) < 4.78 is 5.45. The molecule has 0 aromatic heterocycles. The first-order chi connectivity index (χ1) is 17.6. The molecule has 7 heteroatoms. The molecule has 3 amide bonds. The number of hydrogen-bond donors (Lipinski definition) is 2. The summed E-state index contributed by atoms with van der Waals surface area (Å²) in [6.45, 7) is 7.89. The van der Waals surface area contributed by atoms with Gasteiger partial charge in [0.15, 0.2) is 0 Å². The SMILES string of the molecule is Cc1ccccc1C(=O)Nc1ccc(C(=O)N2CCC[C@H](NC(=O)OC(C)(C)C)c3ccccc32)cc1. The summed E-state index contributed by atoms with van der Waals surface area (Å²) >= 11 is 0. The molecule has 1 aliphatic heterocycles. The van der Waals surface area contributed by atoms with E-state index in [-0.39, 0.29) is 17.9 Å². The predicted molar refractivity (Wildman–Crippen MR) is 145 cm³/mol. The highest BCUT2D eigenvalue weighted by Crippen LogP contribution is 2.34. The van der Waals surface area contributed by atoms with E-state index in [1.165, 1.54) is 0 Å². The van der Waals surface area contributed by atoms with E-state index in [1.807, 2.05) is 70.2 Å². The zero-order valence-electron chi connectivity index (χ0n) is 21.7. The lowest BCUT2D eigenvalue weighted by Crippen LogP contribution is -2.35. The van der Waals surface area contributed by atoms with Crippen molar-refractivity contribution in [1.29, 1.82) is 0 Å². The van der Waals surface area contributed by atoms with E-state index in [9.17, 15) is 14.4 Å². The van der Waals surface area contributed by atoms with Crippen LogP contribution in [0.2, 0.25) is 0 Å². The molecule has 37 heavy (non-hydrogen) atoms. The fraction of sp³-hybridized carbons (Fsp3) is 0.300. The van der Waals surface area contributed by atoms with Crippen LogP contribution in [-0.2, 0) is 4.74 Å². The molecule has 0 radical (unpaired) electrons. The van der Waals surface area contributed by atoms with Crippen LogP contribution in [0, 0.1) is 6.92 Å². The molecule has 0 fully saturated rings. The van der Waals surface area contributed by atoms with Gasteiger partial charge in [0.25, 0.3) is 11.8 Å². The number of benzene rings is 3. The van der Waals surface area contributed by atoms with Crippen LogP contribution >= 0.6 is 0 Å². The summed E-state index contributed by atoms with van der Waals surface area (Å²) in [4.78, 5) is 40.4. The van der Waals surface area contributed by atoms with E-state index >= 15 is 0 Å². The van der Waals surface area contributed by atoms with Crippen molar-refractivity contribution in [3.05, 3.63) is 95.1 Å². The second kappa shape index (κ2) is 10.9. The average molecular weight is 500 g/mol. The second-order valence-corrected chi connectivity index (χ2v) is 10.2. The minimum absolute atomic E-state index is 0.137. The number of nitrogens with one attached hydrogen (secondary N) is 2. The lowest BCUT2D eigenvalue weighted by molar-refractivity contribution is 0.0501. The Balaban J connectivity index is 1.50. The summed E-state index contributed by atoms with van der Waals surface area (Å²) in [7, 11) is 0. The van der Waals surface area contributed by atoms with Gasteiger partial charge in [-0.05, 0) is 88.1 Å². The molecule has 0 saturated carbocycles. The van der Waals surface area contributed by atoms with E-state index in [0.717, 1.165) is 16.8 Å². The Hall–Kier alpha value is -4.13. The van der Waals surface area contributed by atoms with Crippen molar-refractivity contribution < 1.29 is 19.1 Å². The zero-order valence-corrected chi connectivity index (χ0v) is 21.7. The van der Waals surface area contributed by atoms with Gasteiger partial charge in [-0.2, -0.15) is 0 Å². The number of carbonyl (C=O) groups is 3. The van der Waals surface area contributed by atoms with Gasteiger partial charge in [-0.25, -0.2) is 4.79 Å². The molecule has 2 N–H and O–H groups in total. The molecule has 7 nitrogen and oxygen atoms in total. The van der Waals surface area contributed by atoms with E-state index in [4.69, 9.17) is 4.74 Å². The number of anilines is 2. The highest BCUT2D eigenvalue weighted by Gasteiger charge is 2.29. The maximum absolute atomic E-state index is 13.6. The fourth-order valence-electron chi connectivity index (χ4n) is 4.45. The van der Waals surface area contributed by atoms with Crippen LogP contribution in [0.25, 0.3) is 0 Å². The summed E-state index contributed by atoms with van der Waals surface area (Å²) in [6.07, 6.45) is 0.922. The third kappa shape index (κ3) is 6.36. The zero-order chi connectivity index (χ0) is 26.6. The molecular weight excluding hydrogens is 466 g/mol. The van der Waals surface area contributed by atoms with Gasteiger partial charge in [0, 0.05) is 29.0 Å². The Morgan fingerprint density at radius 3 is 2.30 bits per heavy atom. The molecule has 0 saturated heterocycles. The lowest BCUT2D eigenvalue weighted by atomic mass is 10.0. The molecule has 3 aromatic rings. The number of carbonyl (C=O) groups excluding carboxylic acids is 3. The first-order valence-electron chi connectivity index (χ1n) is 12.5. The lowest BCUT2D eigenvalue weighted by Gasteiger charge is -2.26. The monoisotopic (exact) mass is 499 g/mol. The summed E-state index contributed by atoms with van der Waals surface area (Å²) in [5.74, 6) is -0.329. The van der Waals surface area contributed by atoms with Crippen molar-refractivity contribution >= 4 is 29.3 Å². The smallest absolute Gasteiger partial charge is 0.408 e. The molecule has 1 atom stereocenters. The van der Waals surface area contributed by atoms with Crippen LogP contribution < -0.4 is 15.5 Å². The Bertz CT molecular complexity index is 1290. The quantitative estimate of drug-likeness (QED) is 0.444. The predicted octanol–water partition coefficient (Wildman–Crippen LogP) is 6.25. The number of hydrogen-bond acceptors (Lipinski definition) is 4. The van der Waals surface area contributed by atoms with Crippen molar-refractivity contribution in [2.24, 2.45) is 0 Å². The van der Waals surface area contributed by atoms with Crippen LogP contribution in [0.4, 0.5) is 16.2 Å². The maximum atomic E-state index is 13.6. The molecule has 0 bridgehead atoms. The number of fused-ring (bicyclic) bond motifs is 1. The minimum atomic E-state index is -0.595. The highest BCUT2D eigenvalue weighted by molar-refractivity contribution is 6.08. The first-order valence-corrected chi connectivity index (χ1v) is 12.5. The van der Waals surface area contributed by atoms with Crippen LogP contribution in [-0.4, -0.2) is 30.1 Å². The Morgan fingerprint density at radius 1 is 0.919 bits per heavy atom. The maximum Gasteiger partial charge on any atom is 0.408 e. The summed E-state index contributed by atoms with van der Waals surface area (Å²) in [5, 5.41) is 5.87. The van der Waals surface area contributed by atoms with Crippen molar-refractivity contribution in [2.45, 2.75) is 52.2 Å².